The Hall–Kier alpha value is -1.66. The Morgan fingerprint density at radius 2 is 1.84 bits per heavy atom. The van der Waals surface area contributed by atoms with Crippen LogP contribution in [0, 0.1) is 13.8 Å². The molecule has 0 aliphatic rings. The summed E-state index contributed by atoms with van der Waals surface area (Å²) in [5.74, 6) is -0.346. The highest BCUT2D eigenvalue weighted by atomic mass is 35.5. The molecule has 0 radical (unpaired) electrons. The Morgan fingerprint density at radius 3 is 2.32 bits per heavy atom. The molecule has 1 amide bonds. The Labute approximate surface area is 119 Å². The van der Waals surface area contributed by atoms with E-state index in [4.69, 9.17) is 23.2 Å². The van der Waals surface area contributed by atoms with Crippen LogP contribution in [0.15, 0.2) is 6.33 Å². The van der Waals surface area contributed by atoms with Gasteiger partial charge in [-0.05, 0) is 13.8 Å². The van der Waals surface area contributed by atoms with Crippen LogP contribution in [0.3, 0.4) is 0 Å². The van der Waals surface area contributed by atoms with Gasteiger partial charge in [0.25, 0.3) is 5.91 Å². The zero-order valence-corrected chi connectivity index (χ0v) is 12.0. The molecule has 0 saturated heterocycles. The molecule has 0 saturated carbocycles. The van der Waals surface area contributed by atoms with Crippen LogP contribution in [0.25, 0.3) is 0 Å². The number of hydrogen-bond acceptors (Lipinski definition) is 4. The molecule has 2 aromatic rings. The van der Waals surface area contributed by atoms with Crippen molar-refractivity contribution in [3.63, 3.8) is 0 Å². The average molecular weight is 300 g/mol. The molecule has 0 spiro atoms. The van der Waals surface area contributed by atoms with Gasteiger partial charge in [0.05, 0.1) is 11.3 Å². The van der Waals surface area contributed by atoms with E-state index in [9.17, 15) is 4.79 Å². The minimum Gasteiger partial charge on any atom is -0.317 e. The van der Waals surface area contributed by atoms with Gasteiger partial charge in [-0.15, -0.1) is 0 Å². The summed E-state index contributed by atoms with van der Waals surface area (Å²) in [5, 5.41) is 6.97. The van der Waals surface area contributed by atoms with Gasteiger partial charge in [-0.3, -0.25) is 9.48 Å². The molecule has 0 fully saturated rings. The lowest BCUT2D eigenvalue weighted by molar-refractivity contribution is 0.102. The second-order valence-electron chi connectivity index (χ2n) is 3.95. The summed E-state index contributed by atoms with van der Waals surface area (Å²) in [6.07, 6.45) is 1.22. The quantitative estimate of drug-likeness (QED) is 0.864. The summed E-state index contributed by atoms with van der Waals surface area (Å²) in [6, 6.07) is 0. The maximum Gasteiger partial charge on any atom is 0.259 e. The van der Waals surface area contributed by atoms with Gasteiger partial charge in [-0.2, -0.15) is 5.10 Å². The lowest BCUT2D eigenvalue weighted by Gasteiger charge is -2.07. The van der Waals surface area contributed by atoms with Crippen molar-refractivity contribution < 1.29 is 4.79 Å². The number of aryl methyl sites for hydroxylation is 2. The van der Waals surface area contributed by atoms with Crippen LogP contribution in [0.2, 0.25) is 10.3 Å². The predicted octanol–water partition coefficient (Wildman–Crippen LogP) is 2.39. The first-order valence-corrected chi connectivity index (χ1v) is 6.15. The topological polar surface area (TPSA) is 72.7 Å². The Bertz CT molecular complexity index is 633. The first kappa shape index (κ1) is 13.8. The SMILES string of the molecule is Cc1nn(C)c(C)c1C(=O)Nc1c(Cl)ncnc1Cl. The Balaban J connectivity index is 2.36. The van der Waals surface area contributed by atoms with E-state index in [-0.39, 0.29) is 21.9 Å². The van der Waals surface area contributed by atoms with Crippen molar-refractivity contribution >= 4 is 34.8 Å². The predicted molar refractivity (Wildman–Crippen MR) is 72.7 cm³/mol. The van der Waals surface area contributed by atoms with Gasteiger partial charge < -0.3 is 5.32 Å². The molecule has 0 aromatic carbocycles. The number of anilines is 1. The number of carbonyl (C=O) groups is 1. The van der Waals surface area contributed by atoms with Crippen molar-refractivity contribution in [1.82, 2.24) is 19.7 Å². The molecule has 6 nitrogen and oxygen atoms in total. The lowest BCUT2D eigenvalue weighted by atomic mass is 10.2. The molecule has 2 aromatic heterocycles. The fourth-order valence-electron chi connectivity index (χ4n) is 1.73. The van der Waals surface area contributed by atoms with E-state index >= 15 is 0 Å². The average Bonchev–Trinajstić information content (AvgIpc) is 2.58. The molecule has 100 valence electrons. The van der Waals surface area contributed by atoms with Crippen molar-refractivity contribution in [3.05, 3.63) is 33.6 Å². The summed E-state index contributed by atoms with van der Waals surface area (Å²) in [4.78, 5) is 19.8. The second kappa shape index (κ2) is 5.14. The van der Waals surface area contributed by atoms with E-state index in [2.05, 4.69) is 20.4 Å². The maximum absolute atomic E-state index is 12.2. The number of halogens is 2. The Morgan fingerprint density at radius 1 is 1.26 bits per heavy atom. The van der Waals surface area contributed by atoms with Crippen molar-refractivity contribution in [2.75, 3.05) is 5.32 Å². The second-order valence-corrected chi connectivity index (χ2v) is 4.67. The fourth-order valence-corrected chi connectivity index (χ4v) is 2.14. The standard InChI is InChI=1S/C11H11Cl2N5O/c1-5-7(6(2)18(3)17-5)11(19)16-8-9(12)14-4-15-10(8)13/h4H,1-3H3,(H,16,19). The molecule has 0 bridgehead atoms. The maximum atomic E-state index is 12.2. The lowest BCUT2D eigenvalue weighted by Crippen LogP contribution is -2.15. The largest absolute Gasteiger partial charge is 0.317 e. The van der Waals surface area contributed by atoms with Gasteiger partial charge >= 0.3 is 0 Å². The normalized spacial score (nSPS) is 10.6. The van der Waals surface area contributed by atoms with E-state index in [1.165, 1.54) is 6.33 Å². The highest BCUT2D eigenvalue weighted by Gasteiger charge is 2.20. The molecule has 0 atom stereocenters. The fraction of sp³-hybridized carbons (Fsp3) is 0.273. The van der Waals surface area contributed by atoms with E-state index in [1.54, 1.807) is 25.6 Å². The van der Waals surface area contributed by atoms with Crippen molar-refractivity contribution in [1.29, 1.82) is 0 Å². The third kappa shape index (κ3) is 2.54. The number of aromatic nitrogens is 4. The highest BCUT2D eigenvalue weighted by Crippen LogP contribution is 2.26. The molecule has 1 N–H and O–H groups in total. The van der Waals surface area contributed by atoms with Crippen LogP contribution in [0.4, 0.5) is 5.69 Å². The highest BCUT2D eigenvalue weighted by molar-refractivity contribution is 6.38. The first-order chi connectivity index (χ1) is 8.91. The van der Waals surface area contributed by atoms with Gasteiger partial charge in [-0.25, -0.2) is 9.97 Å². The smallest absolute Gasteiger partial charge is 0.259 e. The number of amides is 1. The number of hydrogen-bond donors (Lipinski definition) is 1. The third-order valence-electron chi connectivity index (χ3n) is 2.73. The molecule has 8 heteroatoms. The van der Waals surface area contributed by atoms with Crippen molar-refractivity contribution in [2.45, 2.75) is 13.8 Å². The summed E-state index contributed by atoms with van der Waals surface area (Å²) in [6.45, 7) is 3.56. The van der Waals surface area contributed by atoms with Crippen LogP contribution in [0.5, 0.6) is 0 Å². The number of nitrogens with one attached hydrogen (secondary N) is 1. The van der Waals surface area contributed by atoms with E-state index in [1.807, 2.05) is 0 Å². The number of carbonyl (C=O) groups excluding carboxylic acids is 1. The number of nitrogens with zero attached hydrogens (tertiary/aromatic N) is 4. The molecule has 0 aliphatic carbocycles. The summed E-state index contributed by atoms with van der Waals surface area (Å²) in [5.41, 5.74) is 2.05. The molecule has 2 rings (SSSR count). The van der Waals surface area contributed by atoms with Gasteiger partial charge in [-0.1, -0.05) is 23.2 Å². The monoisotopic (exact) mass is 299 g/mol. The van der Waals surface area contributed by atoms with Crippen molar-refractivity contribution in [2.24, 2.45) is 7.05 Å². The van der Waals surface area contributed by atoms with Crippen molar-refractivity contribution in [3.8, 4) is 0 Å². The van der Waals surface area contributed by atoms with Crippen LogP contribution in [0.1, 0.15) is 21.7 Å². The van der Waals surface area contributed by atoms with Gasteiger partial charge in [0, 0.05) is 12.7 Å². The summed E-state index contributed by atoms with van der Waals surface area (Å²) >= 11 is 11.7. The number of rotatable bonds is 2. The van der Waals surface area contributed by atoms with Crippen LogP contribution in [-0.2, 0) is 7.05 Å². The Kier molecular flexibility index (Phi) is 3.73. The van der Waals surface area contributed by atoms with E-state index in [0.717, 1.165) is 5.69 Å². The molecule has 0 aliphatic heterocycles. The zero-order chi connectivity index (χ0) is 14.2. The molecule has 19 heavy (non-hydrogen) atoms. The molecular formula is C11H11Cl2N5O. The van der Waals surface area contributed by atoms with Crippen LogP contribution < -0.4 is 5.32 Å². The van der Waals surface area contributed by atoms with E-state index in [0.29, 0.717) is 11.3 Å². The van der Waals surface area contributed by atoms with Gasteiger partial charge in [0.15, 0.2) is 10.3 Å². The first-order valence-electron chi connectivity index (χ1n) is 5.39. The van der Waals surface area contributed by atoms with Crippen LogP contribution >= 0.6 is 23.2 Å². The van der Waals surface area contributed by atoms with Gasteiger partial charge in [0.2, 0.25) is 0 Å². The van der Waals surface area contributed by atoms with Gasteiger partial charge in [0.1, 0.15) is 12.0 Å². The molecule has 0 unspecified atom stereocenters. The molecular weight excluding hydrogens is 289 g/mol. The zero-order valence-electron chi connectivity index (χ0n) is 10.5. The third-order valence-corrected chi connectivity index (χ3v) is 3.30. The summed E-state index contributed by atoms with van der Waals surface area (Å²) < 4.78 is 1.63. The van der Waals surface area contributed by atoms with E-state index < -0.39 is 0 Å². The van der Waals surface area contributed by atoms with Crippen LogP contribution in [-0.4, -0.2) is 25.7 Å². The molecule has 2 heterocycles. The minimum atomic E-state index is -0.346. The minimum absolute atomic E-state index is 0.0903. The summed E-state index contributed by atoms with van der Waals surface area (Å²) in [7, 11) is 1.77.